The van der Waals surface area contributed by atoms with Crippen molar-refractivity contribution in [1.82, 2.24) is 19.9 Å². The molecule has 2 aromatic heterocycles. The number of aromatic amines is 1. The van der Waals surface area contributed by atoms with Gasteiger partial charge in [-0.15, -0.1) is 0 Å². The van der Waals surface area contributed by atoms with E-state index in [9.17, 15) is 4.79 Å². The second kappa shape index (κ2) is 10.8. The fourth-order valence-corrected chi connectivity index (χ4v) is 7.48. The van der Waals surface area contributed by atoms with Crippen molar-refractivity contribution in [2.24, 2.45) is 23.5 Å². The predicted octanol–water partition coefficient (Wildman–Crippen LogP) is 3.68. The Morgan fingerprint density at radius 2 is 1.95 bits per heavy atom. The van der Waals surface area contributed by atoms with Crippen LogP contribution in [0, 0.1) is 17.8 Å². The van der Waals surface area contributed by atoms with E-state index in [1.54, 1.807) is 13.3 Å². The number of nitrogens with zero attached hydrogens (tertiary/aromatic N) is 4. The summed E-state index contributed by atoms with van der Waals surface area (Å²) in [6, 6.07) is 6.79. The maximum atomic E-state index is 12.3. The minimum Gasteiger partial charge on any atom is -0.496 e. The average molecular weight is 578 g/mol. The van der Waals surface area contributed by atoms with Crippen molar-refractivity contribution in [3.63, 3.8) is 0 Å². The first-order valence-corrected chi connectivity index (χ1v) is 14.9. The Balaban J connectivity index is 1.13. The number of morpholine rings is 1. The largest absolute Gasteiger partial charge is 0.496 e. The quantitative estimate of drug-likeness (QED) is 0.364. The summed E-state index contributed by atoms with van der Waals surface area (Å²) >= 11 is 6.65. The van der Waals surface area contributed by atoms with Gasteiger partial charge in [-0.3, -0.25) is 9.69 Å². The van der Waals surface area contributed by atoms with E-state index < -0.39 is 0 Å². The summed E-state index contributed by atoms with van der Waals surface area (Å²) in [5, 5.41) is 4.01. The van der Waals surface area contributed by atoms with Crippen LogP contribution in [0.4, 0.5) is 11.4 Å². The van der Waals surface area contributed by atoms with Gasteiger partial charge in [-0.05, 0) is 43.2 Å². The highest BCUT2D eigenvalue weighted by Gasteiger charge is 2.47. The first-order valence-electron chi connectivity index (χ1n) is 14.5. The van der Waals surface area contributed by atoms with Crippen molar-refractivity contribution in [3.05, 3.63) is 41.6 Å². The highest BCUT2D eigenvalue weighted by atomic mass is 35.5. The molecule has 2 aliphatic heterocycles. The van der Waals surface area contributed by atoms with Crippen molar-refractivity contribution in [3.8, 4) is 17.1 Å². The maximum Gasteiger partial charge on any atom is 0.223 e. The molecule has 0 radical (unpaired) electrons. The molecule has 1 aromatic carbocycles. The van der Waals surface area contributed by atoms with Crippen molar-refractivity contribution in [2.45, 2.75) is 31.3 Å². The van der Waals surface area contributed by atoms with Crippen LogP contribution in [0.5, 0.6) is 5.75 Å². The van der Waals surface area contributed by atoms with E-state index >= 15 is 0 Å². The summed E-state index contributed by atoms with van der Waals surface area (Å²) < 4.78 is 11.4. The van der Waals surface area contributed by atoms with Gasteiger partial charge in [0.2, 0.25) is 5.91 Å². The van der Waals surface area contributed by atoms with E-state index in [1.165, 1.54) is 0 Å². The third-order valence-electron chi connectivity index (χ3n) is 9.40. The minimum atomic E-state index is -0.291. The number of hydrogen-bond donors (Lipinski definition) is 3. The summed E-state index contributed by atoms with van der Waals surface area (Å²) in [4.78, 5) is 30.0. The van der Waals surface area contributed by atoms with E-state index in [2.05, 4.69) is 55.4 Å². The molecular weight excluding hydrogens is 542 g/mol. The lowest BCUT2D eigenvalue weighted by Gasteiger charge is -2.40. The molecule has 3 fully saturated rings. The number of carbonyl (C=O) groups excluding carboxylic acids is 1. The van der Waals surface area contributed by atoms with Crippen molar-refractivity contribution in [2.75, 3.05) is 56.7 Å². The number of imidazole rings is 1. The third kappa shape index (κ3) is 4.81. The van der Waals surface area contributed by atoms with Gasteiger partial charge in [0.25, 0.3) is 0 Å². The lowest BCUT2D eigenvalue weighted by Crippen LogP contribution is -2.49. The Morgan fingerprint density at radius 3 is 2.71 bits per heavy atom. The maximum absolute atomic E-state index is 12.3. The number of aromatic nitrogens is 3. The van der Waals surface area contributed by atoms with Gasteiger partial charge in [-0.25, -0.2) is 9.97 Å². The molecule has 4 atom stereocenters. The molecule has 0 spiro atoms. The molecule has 1 saturated carbocycles. The highest BCUT2D eigenvalue weighted by Crippen LogP contribution is 2.46. The number of primary amides is 1. The van der Waals surface area contributed by atoms with E-state index in [0.717, 1.165) is 75.7 Å². The first kappa shape index (κ1) is 26.6. The van der Waals surface area contributed by atoms with Gasteiger partial charge < -0.3 is 30.4 Å². The molecule has 3 aromatic rings. The molecule has 216 valence electrons. The molecule has 11 heteroatoms. The smallest absolute Gasteiger partial charge is 0.223 e. The summed E-state index contributed by atoms with van der Waals surface area (Å²) in [7, 11) is 1.69. The number of piperidine rings is 1. The van der Waals surface area contributed by atoms with E-state index in [-0.39, 0.29) is 29.7 Å². The topological polar surface area (TPSA) is 122 Å². The number of hydrogen-bond acceptors (Lipinski definition) is 8. The van der Waals surface area contributed by atoms with Crippen LogP contribution in [0.15, 0.2) is 36.5 Å². The molecule has 2 saturated heterocycles. The Hall–Kier alpha value is -3.34. The zero-order chi connectivity index (χ0) is 28.1. The van der Waals surface area contributed by atoms with Gasteiger partial charge >= 0.3 is 0 Å². The molecule has 41 heavy (non-hydrogen) atoms. The number of pyridine rings is 1. The van der Waals surface area contributed by atoms with Gasteiger partial charge in [0, 0.05) is 50.0 Å². The number of methoxy groups -OCH3 is 1. The Kier molecular flexibility index (Phi) is 7.00. The molecule has 7 rings (SSSR count). The Bertz CT molecular complexity index is 1480. The van der Waals surface area contributed by atoms with Crippen molar-refractivity contribution < 1.29 is 14.3 Å². The number of H-pyrrole nitrogens is 1. The summed E-state index contributed by atoms with van der Waals surface area (Å²) in [5.74, 6) is 1.21. The van der Waals surface area contributed by atoms with Gasteiger partial charge in [-0.2, -0.15) is 0 Å². The van der Waals surface area contributed by atoms with Crippen molar-refractivity contribution in [1.29, 1.82) is 0 Å². The number of nitrogens with one attached hydrogen (secondary N) is 2. The fourth-order valence-electron chi connectivity index (χ4n) is 7.28. The number of amides is 1. The number of fused-ring (bicyclic) bond motifs is 3. The first-order chi connectivity index (χ1) is 20.0. The summed E-state index contributed by atoms with van der Waals surface area (Å²) in [6.07, 6.45) is 9.08. The number of anilines is 2. The van der Waals surface area contributed by atoms with Crippen LogP contribution in [0.3, 0.4) is 0 Å². The summed E-state index contributed by atoms with van der Waals surface area (Å²) in [5.41, 5.74) is 9.71. The Morgan fingerprint density at radius 1 is 1.17 bits per heavy atom. The molecular formula is C30H36ClN7O3. The minimum absolute atomic E-state index is 0.126. The van der Waals surface area contributed by atoms with E-state index in [1.807, 2.05) is 0 Å². The number of rotatable bonds is 7. The normalized spacial score (nSPS) is 26.6. The second-order valence-corrected chi connectivity index (χ2v) is 12.0. The second-order valence-electron chi connectivity index (χ2n) is 11.6. The van der Waals surface area contributed by atoms with Crippen LogP contribution >= 0.6 is 11.6 Å². The lowest BCUT2D eigenvalue weighted by atomic mass is 9.88. The number of allylic oxidation sites excluding steroid dienone is 1. The number of ether oxygens (including phenoxy) is 2. The molecule has 1 amide bonds. The highest BCUT2D eigenvalue weighted by molar-refractivity contribution is 6.34. The molecule has 4 heterocycles. The van der Waals surface area contributed by atoms with Crippen molar-refractivity contribution >= 4 is 40.0 Å². The van der Waals surface area contributed by atoms with Gasteiger partial charge in [0.15, 0.2) is 5.65 Å². The standard InChI is InChI=1S/C30H36ClN7O3/c1-40-23-15-20(37-8-6-19(7-9-37)38-10-12-41-13-11-38)4-5-21(23)29-35-27-26(22(31)16-33-30(27)36-29)34-25-18-3-2-17(14-18)24(25)28(32)39/h2-5,15-19,24-25H,6-14H2,1H3,(H2,32,39)(H2,33,34,35,36). The number of halogens is 1. The monoisotopic (exact) mass is 577 g/mol. The van der Waals surface area contributed by atoms with Gasteiger partial charge in [0.05, 0.1) is 48.7 Å². The number of carbonyl (C=O) groups is 1. The van der Waals surface area contributed by atoms with Crippen LogP contribution in [0.2, 0.25) is 5.02 Å². The SMILES string of the molecule is COc1cc(N2CCC(N3CCOCC3)CC2)ccc1-c1nc2ncc(Cl)c(NC3C4C=CC(C4)C3C(N)=O)c2[nH]1. The molecule has 4 aliphatic rings. The predicted molar refractivity (Wildman–Crippen MR) is 159 cm³/mol. The summed E-state index contributed by atoms with van der Waals surface area (Å²) in [6.45, 7) is 5.77. The van der Waals surface area contributed by atoms with Gasteiger partial charge in [0.1, 0.15) is 17.1 Å². The van der Waals surface area contributed by atoms with Crippen LogP contribution in [0.1, 0.15) is 19.3 Å². The lowest BCUT2D eigenvalue weighted by molar-refractivity contribution is -0.122. The molecule has 4 N–H and O–H groups in total. The van der Waals surface area contributed by atoms with Crippen LogP contribution in [-0.4, -0.2) is 84.3 Å². The Labute approximate surface area is 244 Å². The molecule has 2 aliphatic carbocycles. The zero-order valence-corrected chi connectivity index (χ0v) is 23.9. The fraction of sp³-hybridized carbons (Fsp3) is 0.500. The average Bonchev–Trinajstić information content (AvgIpc) is 3.74. The zero-order valence-electron chi connectivity index (χ0n) is 23.2. The van der Waals surface area contributed by atoms with E-state index in [0.29, 0.717) is 33.7 Å². The van der Waals surface area contributed by atoms with Crippen LogP contribution in [0.25, 0.3) is 22.6 Å². The molecule has 10 nitrogen and oxygen atoms in total. The molecule has 2 bridgehead atoms. The third-order valence-corrected chi connectivity index (χ3v) is 9.69. The van der Waals surface area contributed by atoms with Gasteiger partial charge in [-0.1, -0.05) is 23.8 Å². The van der Waals surface area contributed by atoms with Crippen LogP contribution in [-0.2, 0) is 9.53 Å². The number of nitrogens with two attached hydrogens (primary N) is 1. The number of benzene rings is 1. The molecule has 4 unspecified atom stereocenters. The van der Waals surface area contributed by atoms with E-state index in [4.69, 9.17) is 31.8 Å². The van der Waals surface area contributed by atoms with Crippen LogP contribution < -0.4 is 20.7 Å².